The van der Waals surface area contributed by atoms with E-state index >= 15 is 0 Å². The summed E-state index contributed by atoms with van der Waals surface area (Å²) in [7, 11) is 0. The van der Waals surface area contributed by atoms with Gasteiger partial charge in [0.2, 0.25) is 0 Å². The van der Waals surface area contributed by atoms with Crippen molar-refractivity contribution in [3.05, 3.63) is 29.3 Å². The number of fused-ring (bicyclic) bond motifs is 1. The van der Waals surface area contributed by atoms with Gasteiger partial charge in [-0.1, -0.05) is 11.6 Å². The molecule has 1 fully saturated rings. The first-order valence-electron chi connectivity index (χ1n) is 6.65. The molecule has 1 aromatic carbocycles. The van der Waals surface area contributed by atoms with Crippen molar-refractivity contribution in [1.29, 1.82) is 0 Å². The maximum Gasteiger partial charge on any atom is 0.299 e. The number of carbonyl (C=O) groups excluding carboxylic acids is 3. The number of amides is 1. The van der Waals surface area contributed by atoms with Crippen LogP contribution in [0.4, 0.5) is 5.69 Å². The molecule has 2 heterocycles. The van der Waals surface area contributed by atoms with Gasteiger partial charge in [0.25, 0.3) is 11.7 Å². The van der Waals surface area contributed by atoms with Gasteiger partial charge in [-0.3, -0.25) is 19.3 Å². The highest BCUT2D eigenvalue weighted by atomic mass is 16.5. The summed E-state index contributed by atoms with van der Waals surface area (Å²) in [6.45, 7) is 2.81. The Bertz CT molecular complexity index is 602. The SMILES string of the molecule is Cc1ccc2c(c1)C(=O)C(=O)N2CC(=O)C1CCOC1. The Morgan fingerprint density at radius 2 is 2.20 bits per heavy atom. The molecule has 0 aromatic heterocycles. The Labute approximate surface area is 116 Å². The monoisotopic (exact) mass is 273 g/mol. The van der Waals surface area contributed by atoms with Crippen LogP contribution in [0.15, 0.2) is 18.2 Å². The second-order valence-corrected chi connectivity index (χ2v) is 5.27. The van der Waals surface area contributed by atoms with E-state index < -0.39 is 11.7 Å². The van der Waals surface area contributed by atoms with Crippen molar-refractivity contribution in [1.82, 2.24) is 0 Å². The fraction of sp³-hybridized carbons (Fsp3) is 0.400. The molecule has 2 aliphatic heterocycles. The highest BCUT2D eigenvalue weighted by Gasteiger charge is 2.38. The number of anilines is 1. The van der Waals surface area contributed by atoms with E-state index in [-0.39, 0.29) is 18.2 Å². The Morgan fingerprint density at radius 3 is 2.90 bits per heavy atom. The predicted molar refractivity (Wildman–Crippen MR) is 71.8 cm³/mol. The van der Waals surface area contributed by atoms with Gasteiger partial charge in [-0.15, -0.1) is 0 Å². The highest BCUT2D eigenvalue weighted by molar-refractivity contribution is 6.52. The molecule has 5 nitrogen and oxygen atoms in total. The van der Waals surface area contributed by atoms with Gasteiger partial charge in [0.1, 0.15) is 0 Å². The molecular weight excluding hydrogens is 258 g/mol. The molecule has 1 amide bonds. The van der Waals surface area contributed by atoms with Crippen molar-refractivity contribution in [2.45, 2.75) is 13.3 Å². The molecule has 0 aliphatic carbocycles. The lowest BCUT2D eigenvalue weighted by molar-refractivity contribution is -0.123. The van der Waals surface area contributed by atoms with Gasteiger partial charge in [-0.05, 0) is 25.5 Å². The molecule has 0 bridgehead atoms. The molecule has 1 saturated heterocycles. The molecule has 3 rings (SSSR count). The van der Waals surface area contributed by atoms with Gasteiger partial charge >= 0.3 is 0 Å². The summed E-state index contributed by atoms with van der Waals surface area (Å²) in [6, 6.07) is 5.26. The van der Waals surface area contributed by atoms with Crippen molar-refractivity contribution in [3.8, 4) is 0 Å². The van der Waals surface area contributed by atoms with Crippen molar-refractivity contribution in [2.24, 2.45) is 5.92 Å². The number of nitrogens with zero attached hydrogens (tertiary/aromatic N) is 1. The van der Waals surface area contributed by atoms with Crippen LogP contribution in [0.5, 0.6) is 0 Å². The van der Waals surface area contributed by atoms with Crippen LogP contribution in [0.2, 0.25) is 0 Å². The third kappa shape index (κ3) is 2.04. The summed E-state index contributed by atoms with van der Waals surface area (Å²) in [5.74, 6) is -1.35. The zero-order valence-electron chi connectivity index (χ0n) is 11.2. The van der Waals surface area contributed by atoms with Crippen LogP contribution in [0.25, 0.3) is 0 Å². The number of benzene rings is 1. The molecule has 0 N–H and O–H groups in total. The van der Waals surface area contributed by atoms with Crippen LogP contribution in [0.1, 0.15) is 22.3 Å². The summed E-state index contributed by atoms with van der Waals surface area (Å²) in [6.07, 6.45) is 0.690. The van der Waals surface area contributed by atoms with Crippen LogP contribution in [0.3, 0.4) is 0 Å². The van der Waals surface area contributed by atoms with Gasteiger partial charge in [0.05, 0.1) is 24.4 Å². The Balaban J connectivity index is 1.85. The summed E-state index contributed by atoms with van der Waals surface area (Å²) in [4.78, 5) is 37.4. The molecule has 5 heteroatoms. The van der Waals surface area contributed by atoms with E-state index in [0.29, 0.717) is 30.9 Å². The van der Waals surface area contributed by atoms with E-state index in [9.17, 15) is 14.4 Å². The predicted octanol–water partition coefficient (Wildman–Crippen LogP) is 1.13. The molecule has 104 valence electrons. The Hall–Kier alpha value is -2.01. The molecule has 0 spiro atoms. The standard InChI is InChI=1S/C15H15NO4/c1-9-2-3-12-11(6-9)14(18)15(19)16(12)7-13(17)10-4-5-20-8-10/h2-3,6,10H,4-5,7-8H2,1H3. The van der Waals surface area contributed by atoms with E-state index in [0.717, 1.165) is 5.56 Å². The van der Waals surface area contributed by atoms with Gasteiger partial charge < -0.3 is 4.74 Å². The smallest absolute Gasteiger partial charge is 0.299 e. The zero-order valence-corrected chi connectivity index (χ0v) is 11.2. The summed E-state index contributed by atoms with van der Waals surface area (Å²) >= 11 is 0. The first-order valence-corrected chi connectivity index (χ1v) is 6.65. The number of ether oxygens (including phenoxy) is 1. The van der Waals surface area contributed by atoms with E-state index in [1.807, 2.05) is 13.0 Å². The third-order valence-corrected chi connectivity index (χ3v) is 3.83. The lowest BCUT2D eigenvalue weighted by Crippen LogP contribution is -2.37. The average molecular weight is 273 g/mol. The number of aryl methyl sites for hydroxylation is 1. The molecule has 1 unspecified atom stereocenters. The minimum atomic E-state index is -0.613. The number of ketones is 2. The summed E-state index contributed by atoms with van der Waals surface area (Å²) in [5, 5.41) is 0. The van der Waals surface area contributed by atoms with Crippen LogP contribution in [0, 0.1) is 12.8 Å². The third-order valence-electron chi connectivity index (χ3n) is 3.83. The van der Waals surface area contributed by atoms with Crippen LogP contribution in [-0.2, 0) is 14.3 Å². The van der Waals surface area contributed by atoms with Crippen LogP contribution < -0.4 is 4.90 Å². The lowest BCUT2D eigenvalue weighted by atomic mass is 10.0. The molecule has 20 heavy (non-hydrogen) atoms. The number of hydrogen-bond donors (Lipinski definition) is 0. The molecule has 0 radical (unpaired) electrons. The van der Waals surface area contributed by atoms with E-state index in [2.05, 4.69) is 0 Å². The average Bonchev–Trinajstić information content (AvgIpc) is 3.03. The van der Waals surface area contributed by atoms with Crippen molar-refractivity contribution in [2.75, 3.05) is 24.7 Å². The zero-order chi connectivity index (χ0) is 14.3. The van der Waals surface area contributed by atoms with E-state index in [4.69, 9.17) is 4.74 Å². The second kappa shape index (κ2) is 4.83. The molecular formula is C15H15NO4. The lowest BCUT2D eigenvalue weighted by Gasteiger charge is -2.17. The molecule has 1 atom stereocenters. The minimum Gasteiger partial charge on any atom is -0.381 e. The van der Waals surface area contributed by atoms with Crippen LogP contribution >= 0.6 is 0 Å². The maximum absolute atomic E-state index is 12.1. The normalized spacial score (nSPS) is 21.4. The van der Waals surface area contributed by atoms with Gasteiger partial charge in [0, 0.05) is 12.5 Å². The number of rotatable bonds is 3. The Morgan fingerprint density at radius 1 is 1.40 bits per heavy atom. The Kier molecular flexibility index (Phi) is 3.14. The first-order chi connectivity index (χ1) is 9.58. The number of Topliss-reactive ketones (excluding diaryl/α,β-unsaturated/α-hetero) is 2. The summed E-state index contributed by atoms with van der Waals surface area (Å²) in [5.41, 5.74) is 1.85. The van der Waals surface area contributed by atoms with E-state index in [1.165, 1.54) is 4.90 Å². The van der Waals surface area contributed by atoms with Gasteiger partial charge in [-0.25, -0.2) is 0 Å². The van der Waals surface area contributed by atoms with E-state index in [1.54, 1.807) is 12.1 Å². The number of hydrogen-bond acceptors (Lipinski definition) is 4. The maximum atomic E-state index is 12.1. The van der Waals surface area contributed by atoms with Crippen molar-refractivity contribution >= 4 is 23.2 Å². The first kappa shape index (κ1) is 13.0. The highest BCUT2D eigenvalue weighted by Crippen LogP contribution is 2.30. The largest absolute Gasteiger partial charge is 0.381 e. The summed E-state index contributed by atoms with van der Waals surface area (Å²) < 4.78 is 5.18. The van der Waals surface area contributed by atoms with Gasteiger partial charge in [-0.2, -0.15) is 0 Å². The fourth-order valence-corrected chi connectivity index (χ4v) is 2.64. The molecule has 2 aliphatic rings. The molecule has 1 aromatic rings. The fourth-order valence-electron chi connectivity index (χ4n) is 2.64. The van der Waals surface area contributed by atoms with Gasteiger partial charge in [0.15, 0.2) is 5.78 Å². The van der Waals surface area contributed by atoms with Crippen molar-refractivity contribution in [3.63, 3.8) is 0 Å². The van der Waals surface area contributed by atoms with Crippen LogP contribution in [-0.4, -0.2) is 37.2 Å². The molecule has 0 saturated carbocycles. The number of carbonyl (C=O) groups is 3. The van der Waals surface area contributed by atoms with Crippen molar-refractivity contribution < 1.29 is 19.1 Å². The second-order valence-electron chi connectivity index (χ2n) is 5.27. The quantitative estimate of drug-likeness (QED) is 0.774. The topological polar surface area (TPSA) is 63.7 Å². The minimum absolute atomic E-state index is 0.0444.